The molecule has 0 aliphatic heterocycles. The first-order chi connectivity index (χ1) is 20.1. The molecule has 0 aliphatic carbocycles. The molecule has 0 fully saturated rings. The van der Waals surface area contributed by atoms with E-state index in [1.807, 2.05) is 30.3 Å². The van der Waals surface area contributed by atoms with E-state index >= 15 is 4.39 Å². The van der Waals surface area contributed by atoms with Crippen LogP contribution in [0.2, 0.25) is 0 Å². The van der Waals surface area contributed by atoms with Crippen LogP contribution in [0.15, 0.2) is 63.8 Å². The molecule has 0 atom stereocenters. The van der Waals surface area contributed by atoms with Crippen LogP contribution in [0.4, 0.5) is 4.39 Å². The minimum Gasteiger partial charge on any atom is -0.419 e. The number of benzene rings is 3. The first-order valence-corrected chi connectivity index (χ1v) is 16.4. The van der Waals surface area contributed by atoms with Crippen molar-refractivity contribution in [1.29, 1.82) is 0 Å². The zero-order valence-corrected chi connectivity index (χ0v) is 25.4. The summed E-state index contributed by atoms with van der Waals surface area (Å²) in [6, 6.07) is 18.3. The van der Waals surface area contributed by atoms with Crippen LogP contribution in [0, 0.1) is 5.82 Å². The number of hydrogen-bond acceptors (Lipinski definition) is 2. The Hall–Kier alpha value is -2.94. The number of aryl methyl sites for hydroxylation is 2. The van der Waals surface area contributed by atoms with Gasteiger partial charge in [0.2, 0.25) is 0 Å². The second kappa shape index (κ2) is 16.5. The van der Waals surface area contributed by atoms with E-state index in [1.54, 1.807) is 0 Å². The molecule has 0 saturated heterocycles. The van der Waals surface area contributed by atoms with Gasteiger partial charge in [0, 0.05) is 10.8 Å². The molecular formula is C38H49FO2. The number of fused-ring (bicyclic) bond motifs is 3. The Morgan fingerprint density at radius 3 is 1.73 bits per heavy atom. The molecular weight excluding hydrogens is 507 g/mol. The average Bonchev–Trinajstić information content (AvgIpc) is 2.99. The minimum absolute atomic E-state index is 0.0843. The Labute approximate surface area is 246 Å². The Bertz CT molecular complexity index is 1420. The zero-order valence-electron chi connectivity index (χ0n) is 25.4. The fraction of sp³-hybridized carbons (Fsp3) is 0.500. The van der Waals surface area contributed by atoms with Crippen LogP contribution in [0.25, 0.3) is 32.9 Å². The van der Waals surface area contributed by atoms with E-state index in [9.17, 15) is 4.79 Å². The van der Waals surface area contributed by atoms with Crippen LogP contribution in [0.1, 0.15) is 121 Å². The topological polar surface area (TPSA) is 30.2 Å². The zero-order chi connectivity index (χ0) is 28.9. The fourth-order valence-corrected chi connectivity index (χ4v) is 5.98. The highest BCUT2D eigenvalue weighted by Crippen LogP contribution is 2.31. The van der Waals surface area contributed by atoms with Crippen molar-refractivity contribution in [3.8, 4) is 11.1 Å². The van der Waals surface area contributed by atoms with Gasteiger partial charge in [0.15, 0.2) is 11.4 Å². The molecule has 0 amide bonds. The van der Waals surface area contributed by atoms with E-state index in [2.05, 4.69) is 38.1 Å². The molecule has 0 spiro atoms. The second-order valence-corrected chi connectivity index (χ2v) is 11.9. The molecule has 0 radical (unpaired) electrons. The highest BCUT2D eigenvalue weighted by molar-refractivity contribution is 6.05. The Morgan fingerprint density at radius 1 is 0.561 bits per heavy atom. The molecule has 4 rings (SSSR count). The van der Waals surface area contributed by atoms with Gasteiger partial charge in [-0.05, 0) is 54.0 Å². The van der Waals surface area contributed by atoms with Crippen molar-refractivity contribution < 1.29 is 8.81 Å². The number of hydrogen-bond donors (Lipinski definition) is 0. The predicted molar refractivity (Wildman–Crippen MR) is 173 cm³/mol. The lowest BCUT2D eigenvalue weighted by Crippen LogP contribution is -2.03. The van der Waals surface area contributed by atoms with Gasteiger partial charge in [0.25, 0.3) is 0 Å². The van der Waals surface area contributed by atoms with Gasteiger partial charge in [-0.3, -0.25) is 0 Å². The van der Waals surface area contributed by atoms with Gasteiger partial charge in [-0.25, -0.2) is 9.18 Å². The summed E-state index contributed by atoms with van der Waals surface area (Å²) in [4.78, 5) is 13.0. The molecule has 0 unspecified atom stereocenters. The summed E-state index contributed by atoms with van der Waals surface area (Å²) >= 11 is 0. The highest BCUT2D eigenvalue weighted by Gasteiger charge is 2.15. The summed E-state index contributed by atoms with van der Waals surface area (Å²) in [6.45, 7) is 4.48. The van der Waals surface area contributed by atoms with Crippen molar-refractivity contribution in [2.45, 2.75) is 123 Å². The van der Waals surface area contributed by atoms with E-state index in [0.717, 1.165) is 35.8 Å². The van der Waals surface area contributed by atoms with E-state index < -0.39 is 5.63 Å². The molecule has 1 heterocycles. The van der Waals surface area contributed by atoms with E-state index in [0.29, 0.717) is 22.8 Å². The molecule has 2 nitrogen and oxygen atoms in total. The minimum atomic E-state index is -0.479. The van der Waals surface area contributed by atoms with Crippen molar-refractivity contribution >= 4 is 21.7 Å². The number of halogens is 1. The van der Waals surface area contributed by atoms with E-state index in [4.69, 9.17) is 4.42 Å². The van der Waals surface area contributed by atoms with Crippen molar-refractivity contribution in [2.24, 2.45) is 0 Å². The van der Waals surface area contributed by atoms with Crippen LogP contribution in [0.3, 0.4) is 0 Å². The van der Waals surface area contributed by atoms with Crippen molar-refractivity contribution in [2.75, 3.05) is 0 Å². The predicted octanol–water partition coefficient (Wildman–Crippen LogP) is 11.7. The lowest BCUT2D eigenvalue weighted by Gasteiger charge is -2.10. The van der Waals surface area contributed by atoms with Gasteiger partial charge in [-0.15, -0.1) is 0 Å². The molecule has 4 aromatic rings. The molecule has 1 aromatic heterocycles. The van der Waals surface area contributed by atoms with Gasteiger partial charge >= 0.3 is 5.63 Å². The third kappa shape index (κ3) is 8.77. The number of unbranched alkanes of at least 4 members (excludes halogenated alkanes) is 13. The lowest BCUT2D eigenvalue weighted by molar-refractivity contribution is 0.521. The second-order valence-electron chi connectivity index (χ2n) is 11.9. The maximum absolute atomic E-state index is 15.4. The molecule has 220 valence electrons. The van der Waals surface area contributed by atoms with Crippen LogP contribution >= 0.6 is 0 Å². The molecule has 0 N–H and O–H groups in total. The Kier molecular flexibility index (Phi) is 12.5. The van der Waals surface area contributed by atoms with Crippen molar-refractivity contribution in [3.63, 3.8) is 0 Å². The molecule has 0 aliphatic rings. The summed E-state index contributed by atoms with van der Waals surface area (Å²) in [5.41, 5.74) is 3.64. The monoisotopic (exact) mass is 556 g/mol. The Morgan fingerprint density at radius 2 is 1.10 bits per heavy atom. The quantitative estimate of drug-likeness (QED) is 0.0693. The van der Waals surface area contributed by atoms with Crippen LogP contribution in [-0.2, 0) is 12.8 Å². The third-order valence-corrected chi connectivity index (χ3v) is 8.56. The van der Waals surface area contributed by atoms with Crippen molar-refractivity contribution in [1.82, 2.24) is 0 Å². The standard InChI is InChI=1S/C38H49FO2/c1-3-5-7-9-11-13-14-16-18-29-20-22-30(23-21-29)32-25-26-33-34-27-24-31(19-17-15-12-10-8-6-4-2)36(39)37(34)41-38(40)35(33)28-32/h20-28H,3-19H2,1-2H3. The first kappa shape index (κ1) is 31.0. The summed E-state index contributed by atoms with van der Waals surface area (Å²) in [6.07, 6.45) is 20.7. The normalized spacial score (nSPS) is 11.6. The molecule has 0 bridgehead atoms. The van der Waals surface area contributed by atoms with Crippen LogP contribution < -0.4 is 5.63 Å². The largest absolute Gasteiger partial charge is 0.419 e. The summed E-state index contributed by atoms with van der Waals surface area (Å²) in [5.74, 6) is -0.386. The summed E-state index contributed by atoms with van der Waals surface area (Å²) in [7, 11) is 0. The molecule has 0 saturated carbocycles. The molecule has 3 heteroatoms. The summed E-state index contributed by atoms with van der Waals surface area (Å²) in [5, 5.41) is 1.90. The third-order valence-electron chi connectivity index (χ3n) is 8.56. The lowest BCUT2D eigenvalue weighted by atomic mass is 9.97. The molecule has 3 aromatic carbocycles. The maximum Gasteiger partial charge on any atom is 0.344 e. The number of rotatable bonds is 18. The first-order valence-electron chi connectivity index (χ1n) is 16.4. The summed E-state index contributed by atoms with van der Waals surface area (Å²) < 4.78 is 21.0. The Balaban J connectivity index is 1.39. The highest BCUT2D eigenvalue weighted by atomic mass is 19.1. The van der Waals surface area contributed by atoms with E-state index in [1.165, 1.54) is 89.0 Å². The fourth-order valence-electron chi connectivity index (χ4n) is 5.98. The van der Waals surface area contributed by atoms with Gasteiger partial charge in [0.1, 0.15) is 0 Å². The SMILES string of the molecule is CCCCCCCCCCc1ccc(-c2ccc3c(c2)c(=O)oc2c(F)c(CCCCCCCCC)ccc23)cc1. The van der Waals surface area contributed by atoms with Gasteiger partial charge in [-0.1, -0.05) is 146 Å². The average molecular weight is 557 g/mol. The van der Waals surface area contributed by atoms with Gasteiger partial charge in [0.05, 0.1) is 5.39 Å². The van der Waals surface area contributed by atoms with Crippen LogP contribution in [0.5, 0.6) is 0 Å². The smallest absolute Gasteiger partial charge is 0.344 e. The van der Waals surface area contributed by atoms with Gasteiger partial charge < -0.3 is 4.42 Å². The maximum atomic E-state index is 15.4. The van der Waals surface area contributed by atoms with Crippen molar-refractivity contribution in [3.05, 3.63) is 82.0 Å². The molecule has 41 heavy (non-hydrogen) atoms. The van der Waals surface area contributed by atoms with Gasteiger partial charge in [-0.2, -0.15) is 0 Å². The van der Waals surface area contributed by atoms with E-state index in [-0.39, 0.29) is 11.4 Å². The van der Waals surface area contributed by atoms with Crippen LogP contribution in [-0.4, -0.2) is 0 Å².